The number of carboxylic acid groups (broad SMARTS) is 1. The molecule has 9 nitrogen and oxygen atoms in total. The van der Waals surface area contributed by atoms with E-state index in [0.29, 0.717) is 11.3 Å². The molecule has 0 bridgehead atoms. The summed E-state index contributed by atoms with van der Waals surface area (Å²) in [6, 6.07) is 14.2. The van der Waals surface area contributed by atoms with Gasteiger partial charge in [-0.25, -0.2) is 14.3 Å². The second-order valence-electron chi connectivity index (χ2n) is 11.1. The number of nitrogens with one attached hydrogen (secondary N) is 2. The van der Waals surface area contributed by atoms with E-state index < -0.39 is 54.1 Å². The molecule has 0 unspecified atom stereocenters. The Balaban J connectivity index is 1.58. The lowest BCUT2D eigenvalue weighted by Gasteiger charge is -2.31. The highest BCUT2D eigenvalue weighted by Gasteiger charge is 2.54. The van der Waals surface area contributed by atoms with Crippen molar-refractivity contribution in [1.82, 2.24) is 5.32 Å². The minimum Gasteiger partial charge on any atom is -0.477 e. The first-order valence-electron chi connectivity index (χ1n) is 13.2. The minimum atomic E-state index is -4.56. The van der Waals surface area contributed by atoms with E-state index in [2.05, 4.69) is 14.8 Å². The fourth-order valence-corrected chi connectivity index (χ4v) is 4.20. The molecule has 3 N–H and O–H groups in total. The van der Waals surface area contributed by atoms with Crippen LogP contribution in [0.15, 0.2) is 66.7 Å². The first-order chi connectivity index (χ1) is 20.8. The van der Waals surface area contributed by atoms with Crippen LogP contribution >= 0.6 is 0 Å². The maximum atomic E-state index is 14.3. The van der Waals surface area contributed by atoms with Gasteiger partial charge in [0.25, 0.3) is 5.91 Å². The van der Waals surface area contributed by atoms with Gasteiger partial charge in [-0.15, -0.1) is 8.78 Å². The van der Waals surface area contributed by atoms with Crippen LogP contribution in [0, 0.1) is 0 Å². The SMILES string of the molecule is CC(C)(C)c1ccc(N(Cc2ccc(C(=O)NCC(F)(F)C(=O)O)cc2)C(=O)Nc2ccc3c(c2)C(F)(F)OC(F)(F)O3)cc1. The Morgan fingerprint density at radius 3 is 2.11 bits per heavy atom. The molecule has 0 fully saturated rings. The van der Waals surface area contributed by atoms with Crippen molar-refractivity contribution >= 4 is 29.3 Å². The van der Waals surface area contributed by atoms with E-state index >= 15 is 0 Å². The number of urea groups is 1. The van der Waals surface area contributed by atoms with Crippen molar-refractivity contribution < 1.29 is 55.3 Å². The number of nitrogens with zero attached hydrogens (tertiary/aromatic N) is 1. The normalized spacial score (nSPS) is 15.3. The lowest BCUT2D eigenvalue weighted by molar-refractivity contribution is -0.461. The van der Waals surface area contributed by atoms with Crippen molar-refractivity contribution in [3.63, 3.8) is 0 Å². The summed E-state index contributed by atoms with van der Waals surface area (Å²) in [6.45, 7) is 4.42. The van der Waals surface area contributed by atoms with Gasteiger partial charge in [-0.2, -0.15) is 17.6 Å². The van der Waals surface area contributed by atoms with Crippen molar-refractivity contribution in [2.45, 2.75) is 51.1 Å². The standard InChI is InChI=1S/C30H27F6N3O6/c1-27(2,3)19-8-11-21(12-9-19)39(15-17-4-6-18(7-5-17)24(40)37-16-28(31,32)25(41)42)26(43)38-20-10-13-23-22(14-20)29(33,34)45-30(35,36)44-23/h4-14H,15-16H2,1-3H3,(H,37,40)(H,38,43)(H,41,42). The summed E-state index contributed by atoms with van der Waals surface area (Å²) in [6.07, 6.45) is -8.98. The van der Waals surface area contributed by atoms with Crippen LogP contribution in [0.25, 0.3) is 0 Å². The largest absolute Gasteiger partial charge is 0.540 e. The summed E-state index contributed by atoms with van der Waals surface area (Å²) in [5.41, 5.74) is 0.303. The number of fused-ring (bicyclic) bond motifs is 1. The van der Waals surface area contributed by atoms with E-state index in [9.17, 15) is 40.7 Å². The van der Waals surface area contributed by atoms with Crippen LogP contribution in [0.5, 0.6) is 5.75 Å². The first kappa shape index (κ1) is 33.1. The molecule has 1 heterocycles. The zero-order valence-electron chi connectivity index (χ0n) is 24.0. The highest BCUT2D eigenvalue weighted by atomic mass is 19.3. The van der Waals surface area contributed by atoms with Gasteiger partial charge in [0, 0.05) is 16.9 Å². The van der Waals surface area contributed by atoms with Gasteiger partial charge in [0.05, 0.1) is 18.7 Å². The lowest BCUT2D eigenvalue weighted by Crippen LogP contribution is -2.42. The molecule has 240 valence electrons. The van der Waals surface area contributed by atoms with Crippen molar-refractivity contribution in [3.05, 3.63) is 89.0 Å². The van der Waals surface area contributed by atoms with Crippen LogP contribution in [0.4, 0.5) is 42.5 Å². The summed E-state index contributed by atoms with van der Waals surface area (Å²) in [4.78, 5) is 37.6. The van der Waals surface area contributed by atoms with E-state index in [-0.39, 0.29) is 23.2 Å². The quantitative estimate of drug-likeness (QED) is 0.237. The van der Waals surface area contributed by atoms with Gasteiger partial charge in [-0.05, 0) is 59.0 Å². The van der Waals surface area contributed by atoms with Crippen LogP contribution in [0.2, 0.25) is 0 Å². The molecule has 0 atom stereocenters. The van der Waals surface area contributed by atoms with E-state index in [0.717, 1.165) is 23.8 Å². The molecule has 0 radical (unpaired) electrons. The molecule has 0 saturated heterocycles. The summed E-state index contributed by atoms with van der Waals surface area (Å²) in [7, 11) is 0. The van der Waals surface area contributed by atoms with Gasteiger partial charge in [0.1, 0.15) is 5.75 Å². The zero-order chi connectivity index (χ0) is 33.4. The molecule has 3 aromatic rings. The highest BCUT2D eigenvalue weighted by Crippen LogP contribution is 2.47. The van der Waals surface area contributed by atoms with E-state index in [1.807, 2.05) is 26.1 Å². The maximum Gasteiger partial charge on any atom is 0.540 e. The van der Waals surface area contributed by atoms with Crippen molar-refractivity contribution in [1.29, 1.82) is 0 Å². The molecule has 0 aromatic heterocycles. The number of carboxylic acids is 1. The average Bonchev–Trinajstić information content (AvgIpc) is 2.94. The van der Waals surface area contributed by atoms with E-state index in [1.165, 1.54) is 29.2 Å². The van der Waals surface area contributed by atoms with Gasteiger partial charge < -0.3 is 20.5 Å². The second-order valence-corrected chi connectivity index (χ2v) is 11.1. The number of ether oxygens (including phenoxy) is 2. The second kappa shape index (κ2) is 12.0. The van der Waals surface area contributed by atoms with E-state index in [4.69, 9.17) is 5.11 Å². The molecule has 3 aromatic carbocycles. The Kier molecular flexibility index (Phi) is 8.79. The number of hydrogen-bond acceptors (Lipinski definition) is 5. The number of rotatable bonds is 8. The molecule has 45 heavy (non-hydrogen) atoms. The van der Waals surface area contributed by atoms with Crippen LogP contribution < -0.4 is 20.3 Å². The molecule has 1 aliphatic heterocycles. The van der Waals surface area contributed by atoms with Crippen LogP contribution in [0.3, 0.4) is 0 Å². The third kappa shape index (κ3) is 7.84. The predicted molar refractivity (Wildman–Crippen MR) is 149 cm³/mol. The third-order valence-electron chi connectivity index (χ3n) is 6.65. The molecule has 15 heteroatoms. The van der Waals surface area contributed by atoms with Gasteiger partial charge in [-0.3, -0.25) is 9.69 Å². The van der Waals surface area contributed by atoms with Crippen molar-refractivity contribution in [2.24, 2.45) is 0 Å². The number of carbonyl (C=O) groups is 3. The fourth-order valence-electron chi connectivity index (χ4n) is 4.20. The number of hydrogen-bond donors (Lipinski definition) is 3. The van der Waals surface area contributed by atoms with Crippen LogP contribution in [-0.2, 0) is 27.6 Å². The zero-order valence-corrected chi connectivity index (χ0v) is 24.0. The van der Waals surface area contributed by atoms with Crippen molar-refractivity contribution in [3.8, 4) is 5.75 Å². The molecular weight excluding hydrogens is 612 g/mol. The Morgan fingerprint density at radius 2 is 1.53 bits per heavy atom. The number of anilines is 2. The van der Waals surface area contributed by atoms with Crippen LogP contribution in [-0.4, -0.2) is 41.8 Å². The molecule has 0 aliphatic carbocycles. The number of benzene rings is 3. The number of alkyl halides is 6. The highest BCUT2D eigenvalue weighted by molar-refractivity contribution is 6.02. The number of aliphatic carboxylic acids is 1. The van der Waals surface area contributed by atoms with Crippen LogP contribution in [0.1, 0.15) is 47.8 Å². The molecular formula is C30H27F6N3O6. The summed E-state index contributed by atoms with van der Waals surface area (Å²) < 4.78 is 89.7. The molecule has 4 rings (SSSR count). The van der Waals surface area contributed by atoms with Gasteiger partial charge in [0.15, 0.2) is 0 Å². The third-order valence-corrected chi connectivity index (χ3v) is 6.65. The van der Waals surface area contributed by atoms with Gasteiger partial charge in [-0.1, -0.05) is 45.0 Å². The number of amides is 3. The van der Waals surface area contributed by atoms with Crippen molar-refractivity contribution in [2.75, 3.05) is 16.8 Å². The maximum absolute atomic E-state index is 14.3. The molecule has 1 aliphatic rings. The summed E-state index contributed by atoms with van der Waals surface area (Å²) >= 11 is 0. The Labute approximate surface area is 252 Å². The Bertz CT molecular complexity index is 1590. The number of halogens is 6. The smallest absolute Gasteiger partial charge is 0.477 e. The number of carbonyl (C=O) groups excluding carboxylic acids is 2. The first-order valence-corrected chi connectivity index (χ1v) is 13.2. The van der Waals surface area contributed by atoms with Gasteiger partial charge >= 0.3 is 30.3 Å². The molecule has 3 amide bonds. The molecule has 0 saturated carbocycles. The monoisotopic (exact) mass is 639 g/mol. The topological polar surface area (TPSA) is 117 Å². The summed E-state index contributed by atoms with van der Waals surface area (Å²) in [5, 5.41) is 12.8. The Hall–Kier alpha value is -4.79. The fraction of sp³-hybridized carbons (Fsp3) is 0.300. The minimum absolute atomic E-state index is 0.0597. The lowest BCUT2D eigenvalue weighted by atomic mass is 9.87. The predicted octanol–water partition coefficient (Wildman–Crippen LogP) is 6.68. The molecule has 0 spiro atoms. The Morgan fingerprint density at radius 1 is 0.911 bits per heavy atom. The summed E-state index contributed by atoms with van der Waals surface area (Å²) in [5.74, 6) is -8.34. The average molecular weight is 640 g/mol. The van der Waals surface area contributed by atoms with Gasteiger partial charge in [0.2, 0.25) is 0 Å². The van der Waals surface area contributed by atoms with E-state index in [1.54, 1.807) is 24.3 Å².